The van der Waals surface area contributed by atoms with Crippen molar-refractivity contribution < 1.29 is 47.0 Å². The van der Waals surface area contributed by atoms with Gasteiger partial charge in [0.05, 0.1) is 25.6 Å². The molecule has 0 aromatic heterocycles. The van der Waals surface area contributed by atoms with Crippen LogP contribution >= 0.6 is 0 Å². The Kier molecular flexibility index (Phi) is 9.54. The fourth-order valence-electron chi connectivity index (χ4n) is 3.04. The van der Waals surface area contributed by atoms with Crippen molar-refractivity contribution in [3.8, 4) is 0 Å². The first-order chi connectivity index (χ1) is 15.2. The van der Waals surface area contributed by atoms with Gasteiger partial charge in [0.2, 0.25) is 0 Å². The molecule has 0 atom stereocenters. The first-order valence-corrected chi connectivity index (χ1v) is 16.8. The minimum absolute atomic E-state index is 0. The minimum atomic E-state index is -4.83. The van der Waals surface area contributed by atoms with Gasteiger partial charge in [-0.1, -0.05) is 42.5 Å². The molecule has 1 heterocycles. The van der Waals surface area contributed by atoms with E-state index in [0.717, 1.165) is 0 Å². The Labute approximate surface area is 221 Å². The summed E-state index contributed by atoms with van der Waals surface area (Å²) in [5.41, 5.74) is 0.128. The summed E-state index contributed by atoms with van der Waals surface area (Å²) in [6.45, 7) is 1.43. The molecule has 0 aliphatic carbocycles. The minimum Gasteiger partial charge on any atom is -0.518 e. The van der Waals surface area contributed by atoms with Crippen molar-refractivity contribution in [2.45, 2.75) is 13.1 Å². The van der Waals surface area contributed by atoms with Crippen molar-refractivity contribution in [2.24, 2.45) is 0 Å². The molecule has 0 spiro atoms. The van der Waals surface area contributed by atoms with E-state index >= 15 is 0 Å². The van der Waals surface area contributed by atoms with Crippen LogP contribution in [0.3, 0.4) is 0 Å². The van der Waals surface area contributed by atoms with Gasteiger partial charge >= 0.3 is 28.8 Å². The van der Waals surface area contributed by atoms with Crippen LogP contribution in [0.4, 0.5) is 0 Å². The second kappa shape index (κ2) is 11.0. The van der Waals surface area contributed by atoms with Crippen LogP contribution in [0.25, 0.3) is 16.5 Å². The molecule has 1 fully saturated rings. The molecule has 0 saturated carbocycles. The van der Waals surface area contributed by atoms with Crippen LogP contribution in [-0.4, -0.2) is 93.5 Å². The van der Waals surface area contributed by atoms with Crippen molar-refractivity contribution in [2.75, 3.05) is 25.6 Å². The van der Waals surface area contributed by atoms with Crippen LogP contribution in [0.2, 0.25) is 13.1 Å². The summed E-state index contributed by atoms with van der Waals surface area (Å²) in [7, 11) is -17.4. The fraction of sp³-hybridized carbons (Fsp3) is 0.333. The average molecular weight is 562 g/mol. The van der Waals surface area contributed by atoms with E-state index in [2.05, 4.69) is 0 Å². The largest absolute Gasteiger partial charge is 0.518 e. The van der Waals surface area contributed by atoms with Gasteiger partial charge < -0.3 is 8.85 Å². The molecule has 1 aliphatic heterocycles. The Morgan fingerprint density at radius 3 is 2.15 bits per heavy atom. The molecule has 3 rings (SSSR count). The molecule has 0 unspecified atom stereocenters. The number of hydrogen-bond donors (Lipinski definition) is 1. The van der Waals surface area contributed by atoms with Crippen LogP contribution in [0.15, 0.2) is 46.7 Å². The van der Waals surface area contributed by atoms with Crippen molar-refractivity contribution >= 4 is 85.0 Å². The van der Waals surface area contributed by atoms with Crippen molar-refractivity contribution in [3.63, 3.8) is 0 Å². The Bertz CT molecular complexity index is 1360. The van der Waals surface area contributed by atoms with Gasteiger partial charge in [-0.05, 0) is 23.9 Å². The summed E-state index contributed by atoms with van der Waals surface area (Å²) < 4.78 is 102. The molecule has 1 radical (unpaired) electrons. The molecule has 16 heteroatoms. The summed E-state index contributed by atoms with van der Waals surface area (Å²) in [4.78, 5) is 0. The third kappa shape index (κ3) is 7.33. The van der Waals surface area contributed by atoms with E-state index in [1.807, 2.05) is 0 Å². The zero-order valence-electron chi connectivity index (χ0n) is 18.6. The molecule has 2 aromatic carbocycles. The monoisotopic (exact) mass is 561 g/mol. The van der Waals surface area contributed by atoms with Crippen LogP contribution in [0.5, 0.6) is 0 Å². The standard InChI is InChI=1S/C18H22O11S3Si.Na/c1-33(2,28-12-13-30(19,20)21)29-17(16-9-5-7-14-6-3-4-8-15(14)16)18-31(22,23)26-10-11-27-32(18,24)25;/h3-9H,10-13H2,1-2H3,(H,19,20,21);. The van der Waals surface area contributed by atoms with Crippen molar-refractivity contribution in [3.05, 3.63) is 52.3 Å². The molecule has 0 amide bonds. The molecule has 0 bridgehead atoms. The van der Waals surface area contributed by atoms with E-state index in [9.17, 15) is 25.3 Å². The van der Waals surface area contributed by atoms with Gasteiger partial charge in [0, 0.05) is 35.1 Å². The molecular weight excluding hydrogens is 539 g/mol. The molecule has 1 N–H and O–H groups in total. The normalized spacial score (nSPS) is 18.0. The second-order valence-corrected chi connectivity index (χ2v) is 15.6. The predicted octanol–water partition coefficient (Wildman–Crippen LogP) is 1.41. The van der Waals surface area contributed by atoms with E-state index in [1.54, 1.807) is 36.4 Å². The smallest absolute Gasteiger partial charge is 0.392 e. The third-order valence-electron chi connectivity index (χ3n) is 4.37. The van der Waals surface area contributed by atoms with E-state index in [0.29, 0.717) is 10.8 Å². The summed E-state index contributed by atoms with van der Waals surface area (Å²) >= 11 is 0. The summed E-state index contributed by atoms with van der Waals surface area (Å²) in [6.07, 6.45) is 0. The molecule has 183 valence electrons. The Balaban J connectivity index is 0.00000408. The quantitative estimate of drug-likeness (QED) is 0.225. The summed E-state index contributed by atoms with van der Waals surface area (Å²) in [6, 6.07) is 11.6. The number of benzene rings is 2. The van der Waals surface area contributed by atoms with Crippen molar-refractivity contribution in [1.29, 1.82) is 0 Å². The molecule has 1 aliphatic rings. The van der Waals surface area contributed by atoms with Gasteiger partial charge in [0.15, 0.2) is 0 Å². The van der Waals surface area contributed by atoms with Gasteiger partial charge in [-0.2, -0.15) is 25.3 Å². The first-order valence-electron chi connectivity index (χ1n) is 9.51. The summed E-state index contributed by atoms with van der Waals surface area (Å²) in [5.74, 6) is -1.28. The Morgan fingerprint density at radius 2 is 1.56 bits per heavy atom. The van der Waals surface area contributed by atoms with Crippen LogP contribution in [0, 0.1) is 0 Å². The van der Waals surface area contributed by atoms with E-state index < -0.39 is 74.5 Å². The molecular formula is C18H22NaO11S3Si. The van der Waals surface area contributed by atoms with E-state index in [4.69, 9.17) is 21.8 Å². The van der Waals surface area contributed by atoms with Crippen LogP contribution < -0.4 is 0 Å². The number of hydrogen-bond acceptors (Lipinski definition) is 10. The SMILES string of the molecule is C[Si](C)(OCCS(=O)(=O)O)OC(=C1S(=O)(=O)OCCOS1(=O)=O)c1cccc2ccccc12.[Na]. The Hall–Kier alpha value is -0.853. The van der Waals surface area contributed by atoms with Crippen molar-refractivity contribution in [1.82, 2.24) is 0 Å². The zero-order valence-corrected chi connectivity index (χ0v) is 24.1. The summed E-state index contributed by atoms with van der Waals surface area (Å²) in [5, 5.41) is 1.16. The topological polar surface area (TPSA) is 160 Å². The first kappa shape index (κ1) is 29.4. The van der Waals surface area contributed by atoms with E-state index in [-0.39, 0.29) is 35.1 Å². The third-order valence-corrected chi connectivity index (χ3v) is 10.1. The fourth-order valence-corrected chi connectivity index (χ4v) is 7.83. The predicted molar refractivity (Wildman–Crippen MR) is 127 cm³/mol. The zero-order chi connectivity index (χ0) is 24.5. The Morgan fingerprint density at radius 1 is 1.00 bits per heavy atom. The van der Waals surface area contributed by atoms with Gasteiger partial charge in [-0.3, -0.25) is 12.9 Å². The molecule has 34 heavy (non-hydrogen) atoms. The maximum absolute atomic E-state index is 12.8. The van der Waals surface area contributed by atoms with E-state index in [1.165, 1.54) is 19.2 Å². The molecule has 11 nitrogen and oxygen atoms in total. The number of rotatable bonds is 7. The average Bonchev–Trinajstić information content (AvgIpc) is 2.79. The maximum atomic E-state index is 12.8. The second-order valence-electron chi connectivity index (χ2n) is 7.33. The van der Waals surface area contributed by atoms with Gasteiger partial charge in [-0.25, -0.2) is 0 Å². The number of fused-ring (bicyclic) bond motifs is 1. The van der Waals surface area contributed by atoms with Gasteiger partial charge in [-0.15, -0.1) is 0 Å². The van der Waals surface area contributed by atoms with Gasteiger partial charge in [0.25, 0.3) is 14.4 Å². The van der Waals surface area contributed by atoms with Gasteiger partial charge in [0.1, 0.15) is 5.76 Å². The molecule has 1 saturated heterocycles. The maximum Gasteiger partial charge on any atom is 0.392 e. The van der Waals surface area contributed by atoms with Crippen LogP contribution in [-0.2, 0) is 47.6 Å². The molecule has 2 aromatic rings. The van der Waals surface area contributed by atoms with Crippen LogP contribution in [0.1, 0.15) is 5.56 Å².